The molecule has 0 radical (unpaired) electrons. The molecule has 0 spiro atoms. The first-order valence-corrected chi connectivity index (χ1v) is 8.69. The van der Waals surface area contributed by atoms with Crippen LogP contribution in [0.3, 0.4) is 0 Å². The van der Waals surface area contributed by atoms with Gasteiger partial charge in [0.05, 0.1) is 19.3 Å². The summed E-state index contributed by atoms with van der Waals surface area (Å²) in [5, 5.41) is 0. The molecule has 7 nitrogen and oxygen atoms in total. The lowest BCUT2D eigenvalue weighted by Gasteiger charge is -2.35. The van der Waals surface area contributed by atoms with E-state index in [0.29, 0.717) is 18.7 Å². The molecule has 1 aromatic rings. The summed E-state index contributed by atoms with van der Waals surface area (Å²) < 4.78 is 44.5. The van der Waals surface area contributed by atoms with Crippen molar-refractivity contribution < 1.29 is 37.3 Å². The van der Waals surface area contributed by atoms with Crippen LogP contribution in [0.1, 0.15) is 19.4 Å². The van der Waals surface area contributed by atoms with E-state index in [9.17, 15) is 18.4 Å². The quantitative estimate of drug-likeness (QED) is 0.518. The minimum Gasteiger partial charge on any atom is -0.493 e. The number of benzene rings is 1. The van der Waals surface area contributed by atoms with Crippen LogP contribution in [0.2, 0.25) is 0 Å². The van der Waals surface area contributed by atoms with Crippen molar-refractivity contribution in [2.45, 2.75) is 32.7 Å². The van der Waals surface area contributed by atoms with Gasteiger partial charge in [0.25, 0.3) is 5.91 Å². The molecule has 0 bridgehead atoms. The molecule has 0 aromatic heterocycles. The lowest BCUT2D eigenvalue weighted by atomic mass is 10.2. The van der Waals surface area contributed by atoms with Gasteiger partial charge in [-0.15, -0.1) is 0 Å². The summed E-state index contributed by atoms with van der Waals surface area (Å²) in [7, 11) is 1.31. The van der Waals surface area contributed by atoms with Gasteiger partial charge in [-0.3, -0.25) is 4.79 Å². The Labute approximate surface area is 161 Å². The number of carbonyl (C=O) groups is 2. The van der Waals surface area contributed by atoms with Crippen LogP contribution in [-0.2, 0) is 19.1 Å². The topological polar surface area (TPSA) is 74.3 Å². The first-order chi connectivity index (χ1) is 13.3. The maximum Gasteiger partial charge on any atom is 0.387 e. The zero-order chi connectivity index (χ0) is 20.7. The third kappa shape index (κ3) is 6.49. The number of nitrogens with zero attached hydrogens (tertiary/aromatic N) is 1. The van der Waals surface area contributed by atoms with Crippen LogP contribution in [0.4, 0.5) is 8.78 Å². The molecule has 1 aliphatic rings. The minimum absolute atomic E-state index is 0.0738. The van der Waals surface area contributed by atoms with Crippen LogP contribution in [0, 0.1) is 0 Å². The van der Waals surface area contributed by atoms with Crippen molar-refractivity contribution >= 4 is 18.0 Å². The molecular formula is C19H23F2NO6. The summed E-state index contributed by atoms with van der Waals surface area (Å²) in [4.78, 5) is 25.6. The monoisotopic (exact) mass is 399 g/mol. The molecule has 0 saturated carbocycles. The van der Waals surface area contributed by atoms with E-state index in [1.165, 1.54) is 31.4 Å². The fourth-order valence-electron chi connectivity index (χ4n) is 2.80. The lowest BCUT2D eigenvalue weighted by molar-refractivity contribution is -0.154. The summed E-state index contributed by atoms with van der Waals surface area (Å²) in [6.07, 6.45) is 2.41. The standard InChI is InChI=1S/C19H23F2NO6/c1-12-9-22(10-13(2)27-12)17(23)11-26-18(24)7-5-14-4-6-15(28-19(20)21)16(8-14)25-3/h4-8,12-13,19H,9-11H2,1-3H3/b7-5+. The largest absolute Gasteiger partial charge is 0.493 e. The normalized spacial score (nSPS) is 19.7. The molecule has 1 aliphatic heterocycles. The van der Waals surface area contributed by atoms with Gasteiger partial charge < -0.3 is 23.8 Å². The van der Waals surface area contributed by atoms with Crippen molar-refractivity contribution in [1.29, 1.82) is 0 Å². The number of esters is 1. The molecule has 0 N–H and O–H groups in total. The Morgan fingerprint density at radius 2 is 1.93 bits per heavy atom. The van der Waals surface area contributed by atoms with Gasteiger partial charge in [0.15, 0.2) is 18.1 Å². The molecule has 1 amide bonds. The van der Waals surface area contributed by atoms with Gasteiger partial charge in [0, 0.05) is 19.2 Å². The second kappa shape index (κ2) is 10.0. The summed E-state index contributed by atoms with van der Waals surface area (Å²) >= 11 is 0. The van der Waals surface area contributed by atoms with Crippen LogP contribution < -0.4 is 9.47 Å². The Bertz CT molecular complexity index is 714. The van der Waals surface area contributed by atoms with Gasteiger partial charge in [-0.05, 0) is 37.6 Å². The van der Waals surface area contributed by atoms with Crippen molar-refractivity contribution in [3.63, 3.8) is 0 Å². The van der Waals surface area contributed by atoms with Crippen molar-refractivity contribution in [3.05, 3.63) is 29.8 Å². The third-order valence-electron chi connectivity index (χ3n) is 3.93. The van der Waals surface area contributed by atoms with Gasteiger partial charge >= 0.3 is 12.6 Å². The number of morpholine rings is 1. The summed E-state index contributed by atoms with van der Waals surface area (Å²) in [6, 6.07) is 4.22. The Hall–Kier alpha value is -2.68. The summed E-state index contributed by atoms with van der Waals surface area (Å²) in [6.45, 7) is 1.30. The number of alkyl halides is 2. The van der Waals surface area contributed by atoms with E-state index in [1.54, 1.807) is 4.90 Å². The molecule has 1 saturated heterocycles. The highest BCUT2D eigenvalue weighted by Crippen LogP contribution is 2.29. The summed E-state index contributed by atoms with van der Waals surface area (Å²) in [5.74, 6) is -1.01. The van der Waals surface area contributed by atoms with E-state index in [4.69, 9.17) is 14.2 Å². The lowest BCUT2D eigenvalue weighted by Crippen LogP contribution is -2.49. The fourth-order valence-corrected chi connectivity index (χ4v) is 2.80. The maximum absolute atomic E-state index is 12.3. The molecule has 1 heterocycles. The predicted molar refractivity (Wildman–Crippen MR) is 96.2 cm³/mol. The zero-order valence-electron chi connectivity index (χ0n) is 15.9. The molecule has 1 fully saturated rings. The number of methoxy groups -OCH3 is 1. The van der Waals surface area contributed by atoms with Crippen molar-refractivity contribution in [1.82, 2.24) is 4.90 Å². The molecule has 0 aliphatic carbocycles. The van der Waals surface area contributed by atoms with E-state index in [1.807, 2.05) is 13.8 Å². The van der Waals surface area contributed by atoms with Crippen LogP contribution in [0.25, 0.3) is 6.08 Å². The van der Waals surface area contributed by atoms with Crippen molar-refractivity contribution in [2.24, 2.45) is 0 Å². The minimum atomic E-state index is -2.97. The van der Waals surface area contributed by atoms with E-state index in [2.05, 4.69) is 4.74 Å². The molecule has 1 aromatic carbocycles. The molecule has 2 unspecified atom stereocenters. The number of carbonyl (C=O) groups excluding carboxylic acids is 2. The molecule has 154 valence electrons. The Morgan fingerprint density at radius 1 is 1.25 bits per heavy atom. The number of hydrogen-bond donors (Lipinski definition) is 0. The van der Waals surface area contributed by atoms with Gasteiger partial charge in [-0.1, -0.05) is 6.07 Å². The van der Waals surface area contributed by atoms with E-state index < -0.39 is 12.6 Å². The van der Waals surface area contributed by atoms with Crippen LogP contribution in [0.15, 0.2) is 24.3 Å². The van der Waals surface area contributed by atoms with Crippen LogP contribution in [-0.4, -0.2) is 62.4 Å². The number of amides is 1. The number of rotatable bonds is 7. The smallest absolute Gasteiger partial charge is 0.387 e. The first-order valence-electron chi connectivity index (χ1n) is 8.69. The van der Waals surface area contributed by atoms with Crippen LogP contribution >= 0.6 is 0 Å². The van der Waals surface area contributed by atoms with Crippen molar-refractivity contribution in [2.75, 3.05) is 26.8 Å². The van der Waals surface area contributed by atoms with Gasteiger partial charge in [0.2, 0.25) is 0 Å². The molecule has 28 heavy (non-hydrogen) atoms. The highest BCUT2D eigenvalue weighted by molar-refractivity contribution is 5.89. The van der Waals surface area contributed by atoms with Gasteiger partial charge in [-0.25, -0.2) is 4.79 Å². The van der Waals surface area contributed by atoms with Crippen molar-refractivity contribution in [3.8, 4) is 11.5 Å². The highest BCUT2D eigenvalue weighted by Gasteiger charge is 2.26. The molecular weight excluding hydrogens is 376 g/mol. The van der Waals surface area contributed by atoms with E-state index >= 15 is 0 Å². The molecule has 2 rings (SSSR count). The van der Waals surface area contributed by atoms with E-state index in [0.717, 1.165) is 6.08 Å². The average Bonchev–Trinajstić information content (AvgIpc) is 2.64. The third-order valence-corrected chi connectivity index (χ3v) is 3.93. The zero-order valence-corrected chi connectivity index (χ0v) is 15.9. The van der Waals surface area contributed by atoms with Gasteiger partial charge in [0.1, 0.15) is 0 Å². The fraction of sp³-hybridized carbons (Fsp3) is 0.474. The average molecular weight is 399 g/mol. The SMILES string of the molecule is COc1cc(/C=C/C(=O)OCC(=O)N2CC(C)OC(C)C2)ccc1OC(F)F. The second-order valence-electron chi connectivity index (χ2n) is 6.29. The van der Waals surface area contributed by atoms with Gasteiger partial charge in [-0.2, -0.15) is 8.78 Å². The Kier molecular flexibility index (Phi) is 7.74. The predicted octanol–water partition coefficient (Wildman–Crippen LogP) is 2.49. The first kappa shape index (κ1) is 21.6. The number of ether oxygens (including phenoxy) is 4. The summed E-state index contributed by atoms with van der Waals surface area (Å²) in [5.41, 5.74) is 0.512. The Balaban J connectivity index is 1.88. The Morgan fingerprint density at radius 3 is 2.54 bits per heavy atom. The maximum atomic E-state index is 12.3. The van der Waals surface area contributed by atoms with Crippen LogP contribution in [0.5, 0.6) is 11.5 Å². The number of halogens is 2. The molecule has 9 heteroatoms. The molecule has 2 atom stereocenters. The highest BCUT2D eigenvalue weighted by atomic mass is 19.3. The second-order valence-corrected chi connectivity index (χ2v) is 6.29. The van der Waals surface area contributed by atoms with E-state index in [-0.39, 0.29) is 36.2 Å². The number of hydrogen-bond acceptors (Lipinski definition) is 6.